The summed E-state index contributed by atoms with van der Waals surface area (Å²) >= 11 is 3.95. The lowest BCUT2D eigenvalue weighted by atomic mass is 9.86. The standard InChI is InChI=1S/C25H26BrNO3/c1-25(2,3)18-8-6-16(7-9-18)14-27-23(26)12-17-11-21-22(30-15-29-21)13-19(17)24(27)20-5-4-10-28-20/h4-11,13,23-24H,12,14-15H2,1-3H3. The van der Waals surface area contributed by atoms with E-state index in [-0.39, 0.29) is 23.2 Å². The SMILES string of the molecule is CC(C)(C)c1ccc(CN2C(Br)Cc3cc4c(cc3C2c2ccco2)OCO4)cc1. The van der Waals surface area contributed by atoms with Crippen molar-refractivity contribution in [2.45, 2.75) is 50.1 Å². The molecular formula is C25H26BrNO3. The minimum absolute atomic E-state index is 0.00455. The van der Waals surface area contributed by atoms with Gasteiger partial charge in [0.15, 0.2) is 11.5 Å². The highest BCUT2D eigenvalue weighted by molar-refractivity contribution is 9.09. The zero-order chi connectivity index (χ0) is 20.9. The van der Waals surface area contributed by atoms with Gasteiger partial charge in [0.05, 0.1) is 17.3 Å². The lowest BCUT2D eigenvalue weighted by Crippen LogP contribution is -2.40. The molecule has 0 saturated heterocycles. The first kappa shape index (κ1) is 19.7. The molecule has 0 aliphatic carbocycles. The van der Waals surface area contributed by atoms with Crippen LogP contribution in [0.25, 0.3) is 0 Å². The molecule has 5 heteroatoms. The Balaban J connectivity index is 1.52. The number of nitrogens with zero attached hydrogens (tertiary/aromatic N) is 1. The summed E-state index contributed by atoms with van der Waals surface area (Å²) in [5, 5.41) is 0. The van der Waals surface area contributed by atoms with Gasteiger partial charge in [0.2, 0.25) is 6.79 Å². The second-order valence-corrected chi connectivity index (χ2v) is 10.1. The quantitative estimate of drug-likeness (QED) is 0.340. The van der Waals surface area contributed by atoms with Gasteiger partial charge in [0, 0.05) is 6.54 Å². The number of hydrogen-bond acceptors (Lipinski definition) is 4. The summed E-state index contributed by atoms with van der Waals surface area (Å²) in [5.41, 5.74) is 5.27. The van der Waals surface area contributed by atoms with Crippen LogP contribution in [0.3, 0.4) is 0 Å². The van der Waals surface area contributed by atoms with E-state index in [2.05, 4.69) is 84.1 Å². The molecule has 0 radical (unpaired) electrons. The van der Waals surface area contributed by atoms with E-state index in [1.165, 1.54) is 22.3 Å². The van der Waals surface area contributed by atoms with Crippen molar-refractivity contribution in [3.8, 4) is 11.5 Å². The Bertz CT molecular complexity index is 1040. The summed E-state index contributed by atoms with van der Waals surface area (Å²) < 4.78 is 17.2. The highest BCUT2D eigenvalue weighted by Crippen LogP contribution is 2.45. The van der Waals surface area contributed by atoms with E-state index in [0.717, 1.165) is 30.2 Å². The Morgan fingerprint density at radius 1 is 1.03 bits per heavy atom. The number of ether oxygens (including phenoxy) is 2. The molecule has 2 aliphatic rings. The first-order valence-corrected chi connectivity index (χ1v) is 11.3. The molecule has 3 aromatic rings. The molecule has 0 fully saturated rings. The van der Waals surface area contributed by atoms with Gasteiger partial charge < -0.3 is 13.9 Å². The minimum atomic E-state index is 0.00455. The van der Waals surface area contributed by atoms with Gasteiger partial charge in [-0.1, -0.05) is 61.0 Å². The number of rotatable bonds is 3. The first-order chi connectivity index (χ1) is 14.4. The van der Waals surface area contributed by atoms with E-state index >= 15 is 0 Å². The van der Waals surface area contributed by atoms with Crippen LogP contribution in [-0.4, -0.2) is 16.6 Å². The van der Waals surface area contributed by atoms with E-state index in [1.54, 1.807) is 6.26 Å². The van der Waals surface area contributed by atoms with Gasteiger partial charge in [-0.25, -0.2) is 0 Å². The van der Waals surface area contributed by atoms with Crippen LogP contribution in [0.15, 0.2) is 59.2 Å². The molecule has 4 nitrogen and oxygen atoms in total. The third-order valence-corrected chi connectivity index (χ3v) is 6.86. The number of furan rings is 1. The van der Waals surface area contributed by atoms with Gasteiger partial charge >= 0.3 is 0 Å². The van der Waals surface area contributed by atoms with E-state index in [4.69, 9.17) is 13.9 Å². The van der Waals surface area contributed by atoms with Gasteiger partial charge in [0.25, 0.3) is 0 Å². The molecule has 0 spiro atoms. The predicted molar refractivity (Wildman–Crippen MR) is 120 cm³/mol. The normalized spacial score (nSPS) is 20.9. The van der Waals surface area contributed by atoms with Crippen LogP contribution in [0.2, 0.25) is 0 Å². The van der Waals surface area contributed by atoms with Gasteiger partial charge in [-0.05, 0) is 58.4 Å². The summed E-state index contributed by atoms with van der Waals surface area (Å²) in [4.78, 5) is 2.64. The van der Waals surface area contributed by atoms with E-state index < -0.39 is 0 Å². The molecule has 0 N–H and O–H groups in total. The summed E-state index contributed by atoms with van der Waals surface area (Å²) in [6.07, 6.45) is 2.64. The van der Waals surface area contributed by atoms with Gasteiger partial charge in [-0.15, -0.1) is 0 Å². The van der Waals surface area contributed by atoms with Crippen molar-refractivity contribution < 1.29 is 13.9 Å². The fraction of sp³-hybridized carbons (Fsp3) is 0.360. The molecule has 0 bridgehead atoms. The lowest BCUT2D eigenvalue weighted by molar-refractivity contribution is 0.167. The average molecular weight is 468 g/mol. The minimum Gasteiger partial charge on any atom is -0.467 e. The zero-order valence-corrected chi connectivity index (χ0v) is 19.1. The van der Waals surface area contributed by atoms with Crippen molar-refractivity contribution in [1.29, 1.82) is 0 Å². The molecule has 2 aromatic carbocycles. The van der Waals surface area contributed by atoms with Crippen molar-refractivity contribution in [2.75, 3.05) is 6.79 Å². The Hall–Kier alpha value is -2.24. The van der Waals surface area contributed by atoms with Crippen LogP contribution in [0, 0.1) is 0 Å². The third kappa shape index (κ3) is 3.54. The van der Waals surface area contributed by atoms with Crippen molar-refractivity contribution in [2.24, 2.45) is 0 Å². The fourth-order valence-electron chi connectivity index (χ4n) is 4.35. The molecule has 2 atom stereocenters. The van der Waals surface area contributed by atoms with E-state index in [1.807, 2.05) is 6.07 Å². The summed E-state index contributed by atoms with van der Waals surface area (Å²) in [6, 6.07) is 17.2. The predicted octanol–water partition coefficient (Wildman–Crippen LogP) is 6.17. The number of halogens is 1. The van der Waals surface area contributed by atoms with E-state index in [0.29, 0.717) is 0 Å². The van der Waals surface area contributed by atoms with Crippen LogP contribution < -0.4 is 9.47 Å². The molecule has 156 valence electrons. The molecule has 30 heavy (non-hydrogen) atoms. The van der Waals surface area contributed by atoms with Crippen LogP contribution in [0.1, 0.15) is 54.8 Å². The molecular weight excluding hydrogens is 442 g/mol. The maximum absolute atomic E-state index is 5.89. The van der Waals surface area contributed by atoms with Crippen molar-refractivity contribution in [3.63, 3.8) is 0 Å². The van der Waals surface area contributed by atoms with Gasteiger partial charge in [0.1, 0.15) is 5.76 Å². The molecule has 1 aromatic heterocycles. The monoisotopic (exact) mass is 467 g/mol. The van der Waals surface area contributed by atoms with Crippen molar-refractivity contribution in [3.05, 3.63) is 82.8 Å². The maximum Gasteiger partial charge on any atom is 0.231 e. The van der Waals surface area contributed by atoms with Crippen LogP contribution in [-0.2, 0) is 18.4 Å². The Labute approximate surface area is 185 Å². The molecule has 2 unspecified atom stereocenters. The molecule has 0 amide bonds. The summed E-state index contributed by atoms with van der Waals surface area (Å²) in [7, 11) is 0. The highest BCUT2D eigenvalue weighted by atomic mass is 79.9. The van der Waals surface area contributed by atoms with Crippen LogP contribution in [0.5, 0.6) is 11.5 Å². The zero-order valence-electron chi connectivity index (χ0n) is 17.5. The Morgan fingerprint density at radius 3 is 2.43 bits per heavy atom. The summed E-state index contributed by atoms with van der Waals surface area (Å²) in [5.74, 6) is 2.58. The topological polar surface area (TPSA) is 34.8 Å². The largest absolute Gasteiger partial charge is 0.467 e. The maximum atomic E-state index is 5.89. The molecule has 5 rings (SSSR count). The Kier molecular flexibility index (Phi) is 4.91. The number of alkyl halides is 1. The van der Waals surface area contributed by atoms with Crippen LogP contribution in [0.4, 0.5) is 0 Å². The van der Waals surface area contributed by atoms with E-state index in [9.17, 15) is 0 Å². The molecule has 0 saturated carbocycles. The second-order valence-electron chi connectivity index (χ2n) is 9.08. The average Bonchev–Trinajstić information content (AvgIpc) is 3.38. The van der Waals surface area contributed by atoms with Gasteiger partial charge in [-0.2, -0.15) is 0 Å². The lowest BCUT2D eigenvalue weighted by Gasteiger charge is -2.40. The first-order valence-electron chi connectivity index (χ1n) is 10.4. The molecule has 2 aliphatic heterocycles. The summed E-state index contributed by atoms with van der Waals surface area (Å²) in [6.45, 7) is 7.84. The van der Waals surface area contributed by atoms with Crippen molar-refractivity contribution in [1.82, 2.24) is 4.90 Å². The third-order valence-electron chi connectivity index (χ3n) is 6.01. The highest BCUT2D eigenvalue weighted by Gasteiger charge is 2.37. The van der Waals surface area contributed by atoms with Gasteiger partial charge in [-0.3, -0.25) is 4.90 Å². The smallest absolute Gasteiger partial charge is 0.231 e. The number of benzene rings is 2. The second kappa shape index (κ2) is 7.47. The van der Waals surface area contributed by atoms with Crippen LogP contribution >= 0.6 is 15.9 Å². The Morgan fingerprint density at radius 2 is 1.77 bits per heavy atom. The van der Waals surface area contributed by atoms with Crippen molar-refractivity contribution >= 4 is 15.9 Å². The molecule has 3 heterocycles. The number of hydrogen-bond donors (Lipinski definition) is 0. The fourth-order valence-corrected chi connectivity index (χ4v) is 5.08. The number of fused-ring (bicyclic) bond motifs is 2.